The Morgan fingerprint density at radius 2 is 1.96 bits per heavy atom. The Morgan fingerprint density at radius 1 is 1.19 bits per heavy atom. The number of fused-ring (bicyclic) bond motifs is 1. The van der Waals surface area contributed by atoms with Crippen molar-refractivity contribution in [3.8, 4) is 0 Å². The minimum atomic E-state index is -0.0337. The van der Waals surface area contributed by atoms with Crippen LogP contribution in [0.4, 0.5) is 0 Å². The molecule has 0 radical (unpaired) electrons. The molecule has 1 aromatic heterocycles. The molecule has 0 spiro atoms. The topological polar surface area (TPSA) is 44.1 Å². The molecule has 0 N–H and O–H groups in total. The Hall–Kier alpha value is -1.28. The number of rotatable bonds is 7. The fourth-order valence-electron chi connectivity index (χ4n) is 2.53. The molecule has 0 aliphatic carbocycles. The van der Waals surface area contributed by atoms with Crippen molar-refractivity contribution >= 4 is 50.4 Å². The number of hydrogen-bond acceptors (Lipinski definition) is 5. The number of nitrogens with zero attached hydrogens (tertiary/aromatic N) is 2. The average Bonchev–Trinajstić information content (AvgIpc) is 2.67. The van der Waals surface area contributed by atoms with E-state index in [-0.39, 0.29) is 5.56 Å². The summed E-state index contributed by atoms with van der Waals surface area (Å²) in [6.45, 7) is 0.954. The van der Waals surface area contributed by atoms with Gasteiger partial charge in [0.15, 0.2) is 5.16 Å². The molecule has 7 heteroatoms. The van der Waals surface area contributed by atoms with Gasteiger partial charge < -0.3 is 4.74 Å². The van der Waals surface area contributed by atoms with Crippen LogP contribution in [-0.2, 0) is 17.0 Å². The second kappa shape index (κ2) is 9.08. The van der Waals surface area contributed by atoms with E-state index in [0.717, 1.165) is 15.4 Å². The molecule has 0 bridgehead atoms. The third-order valence-electron chi connectivity index (χ3n) is 3.93. The van der Waals surface area contributed by atoms with Gasteiger partial charge >= 0.3 is 0 Å². The molecular weight excluding hydrogens is 432 g/mol. The van der Waals surface area contributed by atoms with E-state index in [0.29, 0.717) is 24.1 Å². The van der Waals surface area contributed by atoms with Crippen molar-refractivity contribution in [2.75, 3.05) is 20.0 Å². The molecule has 3 rings (SSSR count). The highest BCUT2D eigenvalue weighted by molar-refractivity contribution is 9.10. The number of benzene rings is 2. The van der Waals surface area contributed by atoms with Crippen molar-refractivity contribution in [3.05, 3.63) is 62.9 Å². The van der Waals surface area contributed by atoms with Crippen LogP contribution in [0.2, 0.25) is 0 Å². The maximum atomic E-state index is 12.9. The van der Waals surface area contributed by atoms with Gasteiger partial charge in [0.05, 0.1) is 24.1 Å². The van der Waals surface area contributed by atoms with Crippen LogP contribution < -0.4 is 5.56 Å². The van der Waals surface area contributed by atoms with Crippen LogP contribution in [-0.4, -0.2) is 29.5 Å². The Morgan fingerprint density at radius 3 is 2.65 bits per heavy atom. The Kier molecular flexibility index (Phi) is 6.80. The zero-order valence-electron chi connectivity index (χ0n) is 14.6. The van der Waals surface area contributed by atoms with E-state index >= 15 is 0 Å². The third-order valence-corrected chi connectivity index (χ3v) is 6.21. The molecule has 0 atom stereocenters. The lowest BCUT2D eigenvalue weighted by molar-refractivity contribution is 0.183. The van der Waals surface area contributed by atoms with Gasteiger partial charge in [0.2, 0.25) is 0 Å². The smallest absolute Gasteiger partial charge is 0.262 e. The van der Waals surface area contributed by atoms with Gasteiger partial charge in [-0.15, -0.1) is 11.8 Å². The molecule has 136 valence electrons. The molecular formula is C19H19BrN2O2S2. The molecule has 0 saturated carbocycles. The summed E-state index contributed by atoms with van der Waals surface area (Å²) in [5, 5.41) is 1.33. The Bertz CT molecular complexity index is 958. The molecule has 26 heavy (non-hydrogen) atoms. The molecule has 2 aromatic carbocycles. The lowest BCUT2D eigenvalue weighted by Crippen LogP contribution is -2.25. The first-order valence-electron chi connectivity index (χ1n) is 8.07. The summed E-state index contributed by atoms with van der Waals surface area (Å²) >= 11 is 6.73. The van der Waals surface area contributed by atoms with Gasteiger partial charge in [-0.2, -0.15) is 0 Å². The van der Waals surface area contributed by atoms with Crippen LogP contribution >= 0.6 is 39.5 Å². The summed E-state index contributed by atoms with van der Waals surface area (Å²) in [6.07, 6.45) is 2.07. The van der Waals surface area contributed by atoms with E-state index in [1.807, 2.05) is 18.2 Å². The zero-order chi connectivity index (χ0) is 18.5. The predicted molar refractivity (Wildman–Crippen MR) is 113 cm³/mol. The van der Waals surface area contributed by atoms with Crippen molar-refractivity contribution in [2.45, 2.75) is 22.3 Å². The summed E-state index contributed by atoms with van der Waals surface area (Å²) in [6, 6.07) is 14.1. The van der Waals surface area contributed by atoms with Crippen LogP contribution in [0.25, 0.3) is 10.9 Å². The monoisotopic (exact) mass is 450 g/mol. The summed E-state index contributed by atoms with van der Waals surface area (Å²) in [5.41, 5.74) is 1.89. The molecule has 0 fully saturated rings. The van der Waals surface area contributed by atoms with Gasteiger partial charge in [-0.1, -0.05) is 39.8 Å². The number of halogens is 1. The van der Waals surface area contributed by atoms with Crippen LogP contribution in [0.1, 0.15) is 5.56 Å². The molecule has 1 heterocycles. The molecule has 3 aromatic rings. The van der Waals surface area contributed by atoms with Gasteiger partial charge in [0.1, 0.15) is 0 Å². The first-order valence-corrected chi connectivity index (χ1v) is 11.1. The molecule has 4 nitrogen and oxygen atoms in total. The van der Waals surface area contributed by atoms with Gasteiger partial charge in [-0.25, -0.2) is 4.98 Å². The SMILES string of the molecule is COCCn1c(SCc2ccc(SC)cc2)nc2ccc(Br)cc2c1=O. The van der Waals surface area contributed by atoms with Gasteiger partial charge in [-0.3, -0.25) is 9.36 Å². The highest BCUT2D eigenvalue weighted by Crippen LogP contribution is 2.24. The van der Waals surface area contributed by atoms with Crippen LogP contribution in [0, 0.1) is 0 Å². The Labute approximate surface area is 169 Å². The zero-order valence-corrected chi connectivity index (χ0v) is 17.8. The normalized spacial score (nSPS) is 11.2. The summed E-state index contributed by atoms with van der Waals surface area (Å²) in [4.78, 5) is 18.9. The lowest BCUT2D eigenvalue weighted by Gasteiger charge is -2.13. The first kappa shape index (κ1) is 19.5. The Balaban J connectivity index is 1.94. The lowest BCUT2D eigenvalue weighted by atomic mass is 10.2. The minimum Gasteiger partial charge on any atom is -0.383 e. The molecule has 0 saturated heterocycles. The first-order chi connectivity index (χ1) is 12.6. The quantitative estimate of drug-likeness (QED) is 0.381. The van der Waals surface area contributed by atoms with E-state index in [9.17, 15) is 4.79 Å². The number of ether oxygens (including phenoxy) is 1. The highest BCUT2D eigenvalue weighted by Gasteiger charge is 2.12. The largest absolute Gasteiger partial charge is 0.383 e. The van der Waals surface area contributed by atoms with Crippen LogP contribution in [0.15, 0.2) is 61.8 Å². The van der Waals surface area contributed by atoms with Gasteiger partial charge in [0.25, 0.3) is 5.56 Å². The summed E-state index contributed by atoms with van der Waals surface area (Å²) < 4.78 is 7.75. The van der Waals surface area contributed by atoms with Crippen molar-refractivity contribution in [1.29, 1.82) is 0 Å². The van der Waals surface area contributed by atoms with Crippen LogP contribution in [0.5, 0.6) is 0 Å². The molecule has 0 aliphatic heterocycles. The van der Waals surface area contributed by atoms with Gasteiger partial charge in [-0.05, 0) is 42.2 Å². The highest BCUT2D eigenvalue weighted by atomic mass is 79.9. The van der Waals surface area contributed by atoms with Crippen LogP contribution in [0.3, 0.4) is 0 Å². The molecule has 0 aliphatic rings. The van der Waals surface area contributed by atoms with E-state index < -0.39 is 0 Å². The predicted octanol–water partition coefficient (Wildman–Crippen LogP) is 4.82. The molecule has 0 unspecified atom stereocenters. The summed E-state index contributed by atoms with van der Waals surface area (Å²) in [7, 11) is 1.64. The number of aromatic nitrogens is 2. The van der Waals surface area contributed by atoms with E-state index in [1.54, 1.807) is 35.2 Å². The van der Waals surface area contributed by atoms with Crippen molar-refractivity contribution in [1.82, 2.24) is 9.55 Å². The van der Waals surface area contributed by atoms with Crippen molar-refractivity contribution < 1.29 is 4.74 Å². The standard InChI is InChI=1S/C19H19BrN2O2S2/c1-24-10-9-22-18(23)16-11-14(20)5-8-17(16)21-19(22)26-12-13-3-6-15(25-2)7-4-13/h3-8,11H,9-10,12H2,1-2H3. The summed E-state index contributed by atoms with van der Waals surface area (Å²) in [5.74, 6) is 0.760. The maximum absolute atomic E-state index is 12.9. The molecule has 0 amide bonds. The fraction of sp³-hybridized carbons (Fsp3) is 0.263. The van der Waals surface area contributed by atoms with Crippen molar-refractivity contribution in [3.63, 3.8) is 0 Å². The van der Waals surface area contributed by atoms with E-state index in [1.165, 1.54) is 10.5 Å². The van der Waals surface area contributed by atoms with E-state index in [4.69, 9.17) is 9.72 Å². The minimum absolute atomic E-state index is 0.0337. The maximum Gasteiger partial charge on any atom is 0.262 e. The number of thioether (sulfide) groups is 2. The number of methoxy groups -OCH3 is 1. The van der Waals surface area contributed by atoms with Gasteiger partial charge in [0, 0.05) is 22.2 Å². The van der Waals surface area contributed by atoms with E-state index in [2.05, 4.69) is 46.5 Å². The third kappa shape index (κ3) is 4.52. The number of hydrogen-bond donors (Lipinski definition) is 0. The second-order valence-corrected chi connectivity index (χ2v) is 8.38. The fourth-order valence-corrected chi connectivity index (χ4v) is 4.28. The van der Waals surface area contributed by atoms with Crippen molar-refractivity contribution in [2.24, 2.45) is 0 Å². The second-order valence-electron chi connectivity index (χ2n) is 5.64. The average molecular weight is 451 g/mol.